The fourth-order valence-corrected chi connectivity index (χ4v) is 6.42. The molecule has 4 heterocycles. The number of hydrogen-bond donors (Lipinski definition) is 1. The van der Waals surface area contributed by atoms with Crippen LogP contribution in [0.3, 0.4) is 0 Å². The molecule has 3 aromatic rings. The van der Waals surface area contributed by atoms with Crippen molar-refractivity contribution in [3.05, 3.63) is 34.3 Å². The Morgan fingerprint density at radius 3 is 1.93 bits per heavy atom. The molecule has 0 saturated heterocycles. The van der Waals surface area contributed by atoms with Crippen molar-refractivity contribution in [2.75, 3.05) is 100 Å². The average Bonchev–Trinajstić information content (AvgIpc) is 3.86. The Morgan fingerprint density at radius 2 is 1.32 bits per heavy atom. The first-order valence-electron chi connectivity index (χ1n) is 19.0. The third-order valence-corrected chi connectivity index (χ3v) is 9.48. The number of ether oxygens (including phenoxy) is 10. The molecule has 0 saturated carbocycles. The normalized spacial score (nSPS) is 11.9. The van der Waals surface area contributed by atoms with E-state index in [1.165, 1.54) is 25.6 Å². The number of pyridine rings is 2. The Kier molecular flexibility index (Phi) is 20.6. The molecule has 1 amide bonds. The number of ketones is 1. The standard InChI is InChI=1S/C40H51N3O15S/c1-4-10-51-13-14-52-15-16-53-17-18-54-19-20-55-21-22-56-38(48)9-7-36(45)43-26-28-23-32(49-2)39(42-30(28)27-43)57-11-5-12-58-40-33(50-3)25-34-29(41-40)24-35(59-34)31(44)6-8-37(46)47/h1,23-25H,5-22,26-27H2,2-3H3,(H,46,47). The van der Waals surface area contributed by atoms with E-state index in [1.54, 1.807) is 23.1 Å². The minimum atomic E-state index is -1.03. The highest BCUT2D eigenvalue weighted by atomic mass is 32.1. The summed E-state index contributed by atoms with van der Waals surface area (Å²) in [5, 5.41) is 8.89. The van der Waals surface area contributed by atoms with E-state index in [0.29, 0.717) is 98.1 Å². The van der Waals surface area contributed by atoms with Gasteiger partial charge in [0.05, 0.1) is 127 Å². The molecule has 1 aliphatic rings. The molecule has 0 aromatic carbocycles. The first kappa shape index (κ1) is 46.6. The highest BCUT2D eigenvalue weighted by molar-refractivity contribution is 7.20. The number of carbonyl (C=O) groups excluding carboxylic acids is 3. The highest BCUT2D eigenvalue weighted by Crippen LogP contribution is 2.35. The summed E-state index contributed by atoms with van der Waals surface area (Å²) in [6, 6.07) is 5.14. The number of fused-ring (bicyclic) bond motifs is 2. The Balaban J connectivity index is 1.07. The van der Waals surface area contributed by atoms with Crippen LogP contribution in [0.4, 0.5) is 0 Å². The number of thiophene rings is 1. The molecule has 1 aliphatic heterocycles. The number of methoxy groups -OCH3 is 2. The van der Waals surface area contributed by atoms with Crippen LogP contribution in [0.5, 0.6) is 23.3 Å². The first-order valence-corrected chi connectivity index (χ1v) is 19.9. The van der Waals surface area contributed by atoms with Crippen LogP contribution in [-0.4, -0.2) is 144 Å². The van der Waals surface area contributed by atoms with Gasteiger partial charge >= 0.3 is 11.9 Å². The number of Topliss-reactive ketones (excluding diaryl/α,β-unsaturated/α-hetero) is 1. The number of esters is 1. The number of aliphatic carboxylic acids is 1. The van der Waals surface area contributed by atoms with Gasteiger partial charge in [-0.25, -0.2) is 9.97 Å². The van der Waals surface area contributed by atoms with Crippen molar-refractivity contribution in [1.82, 2.24) is 14.9 Å². The molecule has 0 fully saturated rings. The number of carboxylic acid groups (broad SMARTS) is 1. The maximum Gasteiger partial charge on any atom is 0.306 e. The summed E-state index contributed by atoms with van der Waals surface area (Å²) < 4.78 is 55.4. The second-order valence-corrected chi connectivity index (χ2v) is 13.7. The Morgan fingerprint density at radius 1 is 0.729 bits per heavy atom. The van der Waals surface area contributed by atoms with E-state index in [0.717, 1.165) is 5.56 Å². The minimum Gasteiger partial charge on any atom is -0.491 e. The molecule has 19 heteroatoms. The van der Waals surface area contributed by atoms with Crippen molar-refractivity contribution in [1.29, 1.82) is 0 Å². The summed E-state index contributed by atoms with van der Waals surface area (Å²) in [7, 11) is 2.99. The molecule has 18 nitrogen and oxygen atoms in total. The summed E-state index contributed by atoms with van der Waals surface area (Å²) in [4.78, 5) is 59.6. The predicted molar refractivity (Wildman–Crippen MR) is 211 cm³/mol. The van der Waals surface area contributed by atoms with Crippen LogP contribution >= 0.6 is 11.3 Å². The van der Waals surface area contributed by atoms with Gasteiger partial charge in [0, 0.05) is 31.9 Å². The van der Waals surface area contributed by atoms with E-state index in [4.69, 9.17) is 58.9 Å². The molecule has 0 spiro atoms. The monoisotopic (exact) mass is 845 g/mol. The van der Waals surface area contributed by atoms with Gasteiger partial charge in [-0.15, -0.1) is 17.8 Å². The number of carboxylic acids is 1. The number of terminal acetylenes is 1. The van der Waals surface area contributed by atoms with Crippen molar-refractivity contribution >= 4 is 45.2 Å². The molecule has 0 atom stereocenters. The number of amides is 1. The molecule has 0 aliphatic carbocycles. The Bertz CT molecular complexity index is 1860. The fourth-order valence-electron chi connectivity index (χ4n) is 5.42. The Labute approximate surface area is 346 Å². The van der Waals surface area contributed by atoms with Gasteiger partial charge in [-0.05, 0) is 17.7 Å². The van der Waals surface area contributed by atoms with Crippen molar-refractivity contribution in [3.8, 4) is 35.6 Å². The molecule has 322 valence electrons. The molecule has 4 rings (SSSR count). The smallest absolute Gasteiger partial charge is 0.306 e. The van der Waals surface area contributed by atoms with Crippen LogP contribution in [0.15, 0.2) is 18.2 Å². The molecule has 0 bridgehead atoms. The van der Waals surface area contributed by atoms with Crippen LogP contribution < -0.4 is 18.9 Å². The zero-order chi connectivity index (χ0) is 42.2. The summed E-state index contributed by atoms with van der Waals surface area (Å²) in [6.07, 6.45) is 5.13. The summed E-state index contributed by atoms with van der Waals surface area (Å²) in [6.45, 7) is 4.93. The first-order chi connectivity index (χ1) is 28.7. The summed E-state index contributed by atoms with van der Waals surface area (Å²) >= 11 is 1.22. The second kappa shape index (κ2) is 26.1. The van der Waals surface area contributed by atoms with Crippen LogP contribution in [-0.2, 0) is 55.9 Å². The maximum atomic E-state index is 13.0. The molecule has 3 aromatic heterocycles. The number of hydrogen-bond acceptors (Lipinski definition) is 17. The van der Waals surface area contributed by atoms with Crippen LogP contribution in [0.1, 0.15) is 53.0 Å². The van der Waals surface area contributed by atoms with E-state index in [-0.39, 0.29) is 88.7 Å². The zero-order valence-electron chi connectivity index (χ0n) is 33.4. The molecule has 0 unspecified atom stereocenters. The fraction of sp³-hybridized carbons (Fsp3) is 0.550. The van der Waals surface area contributed by atoms with Crippen molar-refractivity contribution in [3.63, 3.8) is 0 Å². The van der Waals surface area contributed by atoms with E-state index >= 15 is 0 Å². The topological polar surface area (TPSA) is 210 Å². The van der Waals surface area contributed by atoms with Gasteiger partial charge < -0.3 is 57.4 Å². The van der Waals surface area contributed by atoms with Gasteiger partial charge in [-0.1, -0.05) is 5.92 Å². The van der Waals surface area contributed by atoms with Gasteiger partial charge in [0.2, 0.25) is 5.91 Å². The average molecular weight is 846 g/mol. The van der Waals surface area contributed by atoms with Crippen molar-refractivity contribution < 1.29 is 71.7 Å². The SMILES string of the molecule is C#CCOCCOCCOCCOCCOCCOC(=O)CCC(=O)N1Cc2cc(OC)c(OCCCOc3nc4cc(C(=O)CCC(=O)O)sc4cc3OC)nc2C1. The maximum absolute atomic E-state index is 13.0. The van der Waals surface area contributed by atoms with Gasteiger partial charge in [0.15, 0.2) is 17.3 Å². The van der Waals surface area contributed by atoms with E-state index in [1.807, 2.05) is 0 Å². The Hall–Kier alpha value is -5.10. The van der Waals surface area contributed by atoms with Gasteiger partial charge in [0.1, 0.15) is 13.2 Å². The van der Waals surface area contributed by atoms with E-state index in [2.05, 4.69) is 15.9 Å². The third-order valence-electron chi connectivity index (χ3n) is 8.37. The quantitative estimate of drug-likeness (QED) is 0.0425. The van der Waals surface area contributed by atoms with Crippen LogP contribution in [0, 0.1) is 12.3 Å². The highest BCUT2D eigenvalue weighted by Gasteiger charge is 2.27. The number of aromatic nitrogens is 2. The lowest BCUT2D eigenvalue weighted by atomic mass is 10.2. The van der Waals surface area contributed by atoms with E-state index in [9.17, 15) is 19.2 Å². The van der Waals surface area contributed by atoms with Gasteiger partial charge in [0.25, 0.3) is 11.8 Å². The number of rotatable bonds is 31. The minimum absolute atomic E-state index is 0.0117. The molecule has 0 radical (unpaired) electrons. The lowest BCUT2D eigenvalue weighted by Gasteiger charge is -2.14. The van der Waals surface area contributed by atoms with Crippen molar-refractivity contribution in [2.24, 2.45) is 0 Å². The largest absolute Gasteiger partial charge is 0.491 e. The van der Waals surface area contributed by atoms with E-state index < -0.39 is 11.9 Å². The zero-order valence-corrected chi connectivity index (χ0v) is 34.2. The number of carbonyl (C=O) groups is 4. The third kappa shape index (κ3) is 16.2. The lowest BCUT2D eigenvalue weighted by Crippen LogP contribution is -2.26. The van der Waals surface area contributed by atoms with Gasteiger partial charge in [-0.2, -0.15) is 0 Å². The van der Waals surface area contributed by atoms with Crippen LogP contribution in [0.2, 0.25) is 0 Å². The summed E-state index contributed by atoms with van der Waals surface area (Å²) in [5.74, 6) is 1.71. The molecule has 59 heavy (non-hydrogen) atoms. The predicted octanol–water partition coefficient (Wildman–Crippen LogP) is 3.49. The number of nitrogens with zero attached hydrogens (tertiary/aromatic N) is 3. The molecule has 1 N–H and O–H groups in total. The van der Waals surface area contributed by atoms with Gasteiger partial charge in [-0.3, -0.25) is 19.2 Å². The lowest BCUT2D eigenvalue weighted by molar-refractivity contribution is -0.147. The molecular weight excluding hydrogens is 795 g/mol. The van der Waals surface area contributed by atoms with Crippen molar-refractivity contribution in [2.45, 2.75) is 45.2 Å². The summed E-state index contributed by atoms with van der Waals surface area (Å²) in [5.41, 5.74) is 2.03. The van der Waals surface area contributed by atoms with Crippen LogP contribution in [0.25, 0.3) is 10.2 Å². The molecular formula is C40H51N3O15S. The second-order valence-electron chi connectivity index (χ2n) is 12.6.